The lowest BCUT2D eigenvalue weighted by Crippen LogP contribution is -2.22. The summed E-state index contributed by atoms with van der Waals surface area (Å²) in [6.45, 7) is 3.67. The fourth-order valence-corrected chi connectivity index (χ4v) is 2.89. The van der Waals surface area contributed by atoms with E-state index in [-0.39, 0.29) is 0 Å². The smallest absolute Gasteiger partial charge is 0.191 e. The first kappa shape index (κ1) is 11.5. The van der Waals surface area contributed by atoms with Crippen molar-refractivity contribution < 1.29 is 5.11 Å². The van der Waals surface area contributed by atoms with E-state index < -0.39 is 5.60 Å². The summed E-state index contributed by atoms with van der Waals surface area (Å²) in [6, 6.07) is 0.630. The maximum absolute atomic E-state index is 9.77. The van der Waals surface area contributed by atoms with Gasteiger partial charge in [0, 0.05) is 17.7 Å². The van der Waals surface area contributed by atoms with Crippen molar-refractivity contribution in [2.24, 2.45) is 0 Å². The highest BCUT2D eigenvalue weighted by Crippen LogP contribution is 2.46. The monoisotopic (exact) mass is 253 g/mol. The summed E-state index contributed by atoms with van der Waals surface area (Å²) in [7, 11) is 0. The van der Waals surface area contributed by atoms with Gasteiger partial charge in [-0.3, -0.25) is 0 Å². The van der Waals surface area contributed by atoms with Gasteiger partial charge in [-0.1, -0.05) is 11.8 Å². The second-order valence-corrected chi connectivity index (χ2v) is 6.76. The Balaban J connectivity index is 1.78. The lowest BCUT2D eigenvalue weighted by molar-refractivity contribution is 0.107. The summed E-state index contributed by atoms with van der Waals surface area (Å²) >= 11 is 1.63. The molecular weight excluding hydrogens is 234 g/mol. The van der Waals surface area contributed by atoms with Gasteiger partial charge in [-0.15, -0.1) is 10.2 Å². The Morgan fingerprint density at radius 3 is 2.53 bits per heavy atom. The number of rotatable bonds is 5. The van der Waals surface area contributed by atoms with E-state index >= 15 is 0 Å². The Labute approximate surface area is 106 Å². The van der Waals surface area contributed by atoms with Gasteiger partial charge >= 0.3 is 0 Å². The molecule has 0 unspecified atom stereocenters. The van der Waals surface area contributed by atoms with Gasteiger partial charge in [0.2, 0.25) is 0 Å². The molecule has 1 aromatic rings. The minimum absolute atomic E-state index is 0.630. The molecule has 0 saturated heterocycles. The van der Waals surface area contributed by atoms with Gasteiger partial charge in [0.05, 0.1) is 5.60 Å². The highest BCUT2D eigenvalue weighted by Gasteiger charge is 2.36. The van der Waals surface area contributed by atoms with Crippen LogP contribution < -0.4 is 0 Å². The van der Waals surface area contributed by atoms with Gasteiger partial charge in [0.25, 0.3) is 0 Å². The summed E-state index contributed by atoms with van der Waals surface area (Å²) in [6.07, 6.45) is 5.05. The van der Waals surface area contributed by atoms with E-state index in [4.69, 9.17) is 0 Å². The largest absolute Gasteiger partial charge is 0.390 e. The Bertz CT molecular complexity index is 416. The van der Waals surface area contributed by atoms with Crippen molar-refractivity contribution in [1.82, 2.24) is 14.8 Å². The molecule has 2 fully saturated rings. The quantitative estimate of drug-likeness (QED) is 0.818. The van der Waals surface area contributed by atoms with Crippen LogP contribution in [-0.2, 0) is 0 Å². The van der Waals surface area contributed by atoms with E-state index in [0.717, 1.165) is 5.16 Å². The third kappa shape index (κ3) is 2.65. The average Bonchev–Trinajstić information content (AvgIpc) is 3.12. The molecule has 0 bridgehead atoms. The first-order valence-electron chi connectivity index (χ1n) is 6.34. The van der Waals surface area contributed by atoms with Gasteiger partial charge in [-0.05, 0) is 39.5 Å². The molecule has 0 aliphatic heterocycles. The number of thioether (sulfide) groups is 1. The molecule has 2 aliphatic rings. The van der Waals surface area contributed by atoms with Crippen molar-refractivity contribution in [3.63, 3.8) is 0 Å². The Morgan fingerprint density at radius 1 is 1.29 bits per heavy atom. The van der Waals surface area contributed by atoms with Gasteiger partial charge in [0.1, 0.15) is 5.82 Å². The van der Waals surface area contributed by atoms with Crippen LogP contribution in [-0.4, -0.2) is 31.2 Å². The van der Waals surface area contributed by atoms with Crippen LogP contribution in [0.3, 0.4) is 0 Å². The third-order valence-electron chi connectivity index (χ3n) is 3.10. The highest BCUT2D eigenvalue weighted by atomic mass is 32.2. The highest BCUT2D eigenvalue weighted by molar-refractivity contribution is 7.99. The first-order valence-corrected chi connectivity index (χ1v) is 7.33. The topological polar surface area (TPSA) is 50.9 Å². The summed E-state index contributed by atoms with van der Waals surface area (Å²) in [5.74, 6) is 2.51. The molecule has 4 nitrogen and oxygen atoms in total. The second-order valence-electron chi connectivity index (χ2n) is 5.82. The molecule has 2 aliphatic carbocycles. The van der Waals surface area contributed by atoms with Crippen molar-refractivity contribution in [3.05, 3.63) is 5.82 Å². The molecule has 0 aromatic carbocycles. The number of nitrogens with zero attached hydrogens (tertiary/aromatic N) is 3. The zero-order chi connectivity index (χ0) is 12.0. The normalized spacial score (nSPS) is 20.9. The molecular formula is C12H19N3OS. The summed E-state index contributed by atoms with van der Waals surface area (Å²) in [4.78, 5) is 0. The molecule has 1 N–H and O–H groups in total. The number of aromatic nitrogens is 3. The second kappa shape index (κ2) is 3.99. The van der Waals surface area contributed by atoms with E-state index in [1.54, 1.807) is 11.8 Å². The molecule has 94 valence electrons. The zero-order valence-electron chi connectivity index (χ0n) is 10.4. The summed E-state index contributed by atoms with van der Waals surface area (Å²) in [5.41, 5.74) is -0.648. The molecule has 0 radical (unpaired) electrons. The molecule has 0 spiro atoms. The van der Waals surface area contributed by atoms with Gasteiger partial charge in [0.15, 0.2) is 5.16 Å². The molecule has 0 amide bonds. The molecule has 17 heavy (non-hydrogen) atoms. The summed E-state index contributed by atoms with van der Waals surface area (Å²) in [5, 5.41) is 19.4. The first-order chi connectivity index (χ1) is 8.04. The van der Waals surface area contributed by atoms with Crippen molar-refractivity contribution in [3.8, 4) is 0 Å². The van der Waals surface area contributed by atoms with Crippen molar-refractivity contribution in [2.45, 2.75) is 62.2 Å². The maximum Gasteiger partial charge on any atom is 0.191 e. The number of hydrogen-bond donors (Lipinski definition) is 1. The minimum Gasteiger partial charge on any atom is -0.390 e. The summed E-state index contributed by atoms with van der Waals surface area (Å²) < 4.78 is 2.33. The van der Waals surface area contributed by atoms with Gasteiger partial charge < -0.3 is 9.67 Å². The average molecular weight is 253 g/mol. The van der Waals surface area contributed by atoms with Crippen molar-refractivity contribution >= 4 is 11.8 Å². The van der Waals surface area contributed by atoms with E-state index in [1.165, 1.54) is 31.5 Å². The Morgan fingerprint density at radius 2 is 2.00 bits per heavy atom. The number of aliphatic hydroxyl groups is 1. The minimum atomic E-state index is -0.648. The Hall–Kier alpha value is -0.550. The lowest BCUT2D eigenvalue weighted by atomic mass is 10.2. The van der Waals surface area contributed by atoms with Crippen LogP contribution in [0.1, 0.15) is 57.3 Å². The lowest BCUT2D eigenvalue weighted by Gasteiger charge is -2.16. The third-order valence-corrected chi connectivity index (χ3v) is 4.49. The fraction of sp³-hybridized carbons (Fsp3) is 0.833. The fourth-order valence-electron chi connectivity index (χ4n) is 1.92. The van der Waals surface area contributed by atoms with E-state index in [9.17, 15) is 5.11 Å². The van der Waals surface area contributed by atoms with Crippen LogP contribution in [0.4, 0.5) is 0 Å². The molecule has 2 saturated carbocycles. The van der Waals surface area contributed by atoms with Crippen LogP contribution in [0.25, 0.3) is 0 Å². The Kier molecular flexibility index (Phi) is 2.70. The van der Waals surface area contributed by atoms with E-state index in [0.29, 0.717) is 17.7 Å². The van der Waals surface area contributed by atoms with Crippen LogP contribution in [0.15, 0.2) is 5.16 Å². The van der Waals surface area contributed by atoms with Crippen molar-refractivity contribution in [2.75, 3.05) is 5.75 Å². The van der Waals surface area contributed by atoms with Crippen LogP contribution >= 0.6 is 11.8 Å². The standard InChI is InChI=1S/C12H19N3OS/c1-12(2,16)7-17-11-14-13-10(8-3-4-8)15(11)9-5-6-9/h8-9,16H,3-7H2,1-2H3. The zero-order valence-corrected chi connectivity index (χ0v) is 11.2. The molecule has 0 atom stereocenters. The SMILES string of the molecule is CC(C)(O)CSc1nnc(C2CC2)n1C1CC1. The van der Waals surface area contributed by atoms with Crippen LogP contribution in [0, 0.1) is 0 Å². The van der Waals surface area contributed by atoms with Crippen LogP contribution in [0.5, 0.6) is 0 Å². The maximum atomic E-state index is 9.77. The molecule has 3 rings (SSSR count). The predicted octanol–water partition coefficient (Wildman–Crippen LogP) is 2.35. The van der Waals surface area contributed by atoms with Crippen LogP contribution in [0.2, 0.25) is 0 Å². The predicted molar refractivity (Wildman–Crippen MR) is 67.3 cm³/mol. The van der Waals surface area contributed by atoms with Gasteiger partial charge in [-0.25, -0.2) is 0 Å². The van der Waals surface area contributed by atoms with E-state index in [1.807, 2.05) is 13.8 Å². The molecule has 1 heterocycles. The van der Waals surface area contributed by atoms with E-state index in [2.05, 4.69) is 14.8 Å². The number of hydrogen-bond acceptors (Lipinski definition) is 4. The van der Waals surface area contributed by atoms with Gasteiger partial charge in [-0.2, -0.15) is 0 Å². The molecule has 5 heteroatoms. The molecule has 1 aromatic heterocycles. The van der Waals surface area contributed by atoms with Crippen molar-refractivity contribution in [1.29, 1.82) is 0 Å².